The van der Waals surface area contributed by atoms with E-state index < -0.39 is 0 Å². The van der Waals surface area contributed by atoms with Gasteiger partial charge in [0.25, 0.3) is 0 Å². The van der Waals surface area contributed by atoms with Gasteiger partial charge in [0.1, 0.15) is 10.8 Å². The summed E-state index contributed by atoms with van der Waals surface area (Å²) in [5.74, 6) is 0.868. The van der Waals surface area contributed by atoms with Crippen molar-refractivity contribution in [3.63, 3.8) is 0 Å². The lowest BCUT2D eigenvalue weighted by Crippen LogP contribution is -2.37. The van der Waals surface area contributed by atoms with Crippen LogP contribution >= 0.6 is 11.5 Å². The van der Waals surface area contributed by atoms with Crippen LogP contribution in [0, 0.1) is 6.92 Å². The Morgan fingerprint density at radius 3 is 3.10 bits per heavy atom. The Morgan fingerprint density at radius 1 is 1.48 bits per heavy atom. The van der Waals surface area contributed by atoms with Crippen LogP contribution < -0.4 is 5.32 Å². The lowest BCUT2D eigenvalue weighted by molar-refractivity contribution is 0.179. The number of carbonyl (C=O) groups excluding carboxylic acids is 1. The van der Waals surface area contributed by atoms with Crippen LogP contribution in [0.3, 0.4) is 0 Å². The number of carbonyl (C=O) groups is 1. The first-order valence-corrected chi connectivity index (χ1v) is 8.06. The number of aryl methyl sites for hydroxylation is 1. The second kappa shape index (κ2) is 6.30. The summed E-state index contributed by atoms with van der Waals surface area (Å²) >= 11 is 1.31. The zero-order chi connectivity index (χ0) is 14.7. The highest BCUT2D eigenvalue weighted by Gasteiger charge is 2.28. The van der Waals surface area contributed by atoms with Gasteiger partial charge in [-0.1, -0.05) is 12.8 Å². The Bertz CT molecular complexity index is 594. The summed E-state index contributed by atoms with van der Waals surface area (Å²) in [5, 5.41) is 3.75. The number of anilines is 1. The van der Waals surface area contributed by atoms with E-state index in [-0.39, 0.29) is 12.1 Å². The highest BCUT2D eigenvalue weighted by molar-refractivity contribution is 7.10. The second-order valence-electron chi connectivity index (χ2n) is 5.34. The molecule has 3 rings (SSSR count). The van der Waals surface area contributed by atoms with Gasteiger partial charge >= 0.3 is 6.03 Å². The third kappa shape index (κ3) is 3.26. The number of nitrogens with zero attached hydrogens (tertiary/aromatic N) is 2. The Kier molecular flexibility index (Phi) is 4.24. The lowest BCUT2D eigenvalue weighted by atomic mass is 10.1. The maximum atomic E-state index is 12.6. The first-order valence-electron chi connectivity index (χ1n) is 7.28. The van der Waals surface area contributed by atoms with Gasteiger partial charge in [-0.15, -0.1) is 0 Å². The van der Waals surface area contributed by atoms with Crippen molar-refractivity contribution in [3.8, 4) is 0 Å². The van der Waals surface area contributed by atoms with Gasteiger partial charge in [0.2, 0.25) is 0 Å². The maximum absolute atomic E-state index is 12.6. The van der Waals surface area contributed by atoms with Gasteiger partial charge in [-0.3, -0.25) is 5.32 Å². The van der Waals surface area contributed by atoms with Crippen molar-refractivity contribution < 1.29 is 9.21 Å². The molecule has 1 aliphatic heterocycles. The third-order valence-electron chi connectivity index (χ3n) is 3.74. The van der Waals surface area contributed by atoms with E-state index in [4.69, 9.17) is 4.42 Å². The molecule has 21 heavy (non-hydrogen) atoms. The fourth-order valence-corrected chi connectivity index (χ4v) is 3.38. The van der Waals surface area contributed by atoms with Crippen molar-refractivity contribution in [3.05, 3.63) is 35.9 Å². The molecule has 1 fully saturated rings. The topological polar surface area (TPSA) is 58.4 Å². The van der Waals surface area contributed by atoms with Crippen molar-refractivity contribution in [2.45, 2.75) is 38.6 Å². The van der Waals surface area contributed by atoms with Crippen LogP contribution in [0.1, 0.15) is 43.2 Å². The zero-order valence-corrected chi connectivity index (χ0v) is 12.9. The first-order chi connectivity index (χ1) is 10.2. The maximum Gasteiger partial charge on any atom is 0.323 e. The van der Waals surface area contributed by atoms with Crippen LogP contribution in [0.4, 0.5) is 9.80 Å². The number of likely N-dealkylation sites (tertiary alicyclic amines) is 1. The van der Waals surface area contributed by atoms with Crippen molar-refractivity contribution in [1.82, 2.24) is 9.27 Å². The number of furan rings is 1. The largest absolute Gasteiger partial charge is 0.467 e. The molecule has 0 aliphatic carbocycles. The van der Waals surface area contributed by atoms with Crippen LogP contribution in [0.15, 0.2) is 28.9 Å². The van der Waals surface area contributed by atoms with Gasteiger partial charge in [-0.2, -0.15) is 4.37 Å². The smallest absolute Gasteiger partial charge is 0.323 e. The molecule has 0 spiro atoms. The minimum Gasteiger partial charge on any atom is -0.467 e. The number of hydrogen-bond acceptors (Lipinski definition) is 4. The summed E-state index contributed by atoms with van der Waals surface area (Å²) in [4.78, 5) is 14.5. The number of aromatic nitrogens is 1. The molecular formula is C15H19N3O2S. The summed E-state index contributed by atoms with van der Waals surface area (Å²) in [6.07, 6.45) is 5.92. The van der Waals surface area contributed by atoms with E-state index in [1.807, 2.05) is 30.0 Å². The molecule has 0 aromatic carbocycles. The number of nitrogens with one attached hydrogen (secondary N) is 1. The summed E-state index contributed by atoms with van der Waals surface area (Å²) < 4.78 is 9.72. The third-order valence-corrected chi connectivity index (χ3v) is 4.54. The lowest BCUT2D eigenvalue weighted by Gasteiger charge is -2.28. The van der Waals surface area contributed by atoms with E-state index >= 15 is 0 Å². The second-order valence-corrected chi connectivity index (χ2v) is 6.14. The molecule has 5 nitrogen and oxygen atoms in total. The average Bonchev–Trinajstić information content (AvgIpc) is 3.06. The van der Waals surface area contributed by atoms with Crippen LogP contribution in [0.2, 0.25) is 0 Å². The van der Waals surface area contributed by atoms with E-state index in [1.54, 1.807) is 6.26 Å². The SMILES string of the molecule is Cc1cc(NC(=O)N2CCCCC[C@H]2c2ccco2)sn1. The summed E-state index contributed by atoms with van der Waals surface area (Å²) in [7, 11) is 0. The first kappa shape index (κ1) is 14.1. The van der Waals surface area contributed by atoms with E-state index in [9.17, 15) is 4.79 Å². The molecule has 1 N–H and O–H groups in total. The molecule has 0 unspecified atom stereocenters. The highest BCUT2D eigenvalue weighted by Crippen LogP contribution is 2.31. The van der Waals surface area contributed by atoms with Gasteiger partial charge < -0.3 is 9.32 Å². The summed E-state index contributed by atoms with van der Waals surface area (Å²) in [6.45, 7) is 2.68. The van der Waals surface area contributed by atoms with Crippen molar-refractivity contribution in [2.24, 2.45) is 0 Å². The van der Waals surface area contributed by atoms with Crippen molar-refractivity contribution in [2.75, 3.05) is 11.9 Å². The van der Waals surface area contributed by atoms with E-state index in [0.29, 0.717) is 0 Å². The summed E-state index contributed by atoms with van der Waals surface area (Å²) in [5.41, 5.74) is 0.925. The van der Waals surface area contributed by atoms with Gasteiger partial charge in [-0.25, -0.2) is 4.79 Å². The molecule has 112 valence electrons. The molecule has 0 bridgehead atoms. The Balaban J connectivity index is 1.77. The van der Waals surface area contributed by atoms with E-state index in [2.05, 4.69) is 9.69 Å². The normalized spacial score (nSPS) is 19.3. The number of amides is 2. The predicted molar refractivity (Wildman–Crippen MR) is 82.5 cm³/mol. The van der Waals surface area contributed by atoms with Gasteiger partial charge in [-0.05, 0) is 49.5 Å². The fraction of sp³-hybridized carbons (Fsp3) is 0.467. The Morgan fingerprint density at radius 2 is 2.38 bits per heavy atom. The molecule has 1 saturated heterocycles. The standard InChI is InChI=1S/C15H19N3O2S/c1-11-10-14(21-17-11)16-15(19)18-8-4-2-3-6-12(18)13-7-5-9-20-13/h5,7,9-10,12H,2-4,6,8H2,1H3,(H,16,19)/t12-/m0/s1. The zero-order valence-electron chi connectivity index (χ0n) is 12.0. The predicted octanol–water partition coefficient (Wildman–Crippen LogP) is 4.19. The quantitative estimate of drug-likeness (QED) is 0.905. The molecular weight excluding hydrogens is 286 g/mol. The molecule has 6 heteroatoms. The van der Waals surface area contributed by atoms with Gasteiger partial charge in [0.15, 0.2) is 0 Å². The van der Waals surface area contributed by atoms with Crippen molar-refractivity contribution in [1.29, 1.82) is 0 Å². The number of urea groups is 1. The van der Waals surface area contributed by atoms with Crippen LogP contribution in [0.5, 0.6) is 0 Å². The number of hydrogen-bond donors (Lipinski definition) is 1. The summed E-state index contributed by atoms with van der Waals surface area (Å²) in [6, 6.07) is 5.68. The fourth-order valence-electron chi connectivity index (χ4n) is 2.73. The minimum atomic E-state index is -0.0676. The van der Waals surface area contributed by atoms with E-state index in [0.717, 1.165) is 48.7 Å². The van der Waals surface area contributed by atoms with Gasteiger partial charge in [0, 0.05) is 6.54 Å². The molecule has 2 aromatic rings. The minimum absolute atomic E-state index is 0.0246. The Hall–Kier alpha value is -1.82. The van der Waals surface area contributed by atoms with Crippen molar-refractivity contribution >= 4 is 22.6 Å². The monoisotopic (exact) mass is 305 g/mol. The molecule has 0 radical (unpaired) electrons. The molecule has 1 atom stereocenters. The van der Waals surface area contributed by atoms with E-state index in [1.165, 1.54) is 11.5 Å². The Labute approximate surface area is 128 Å². The molecule has 2 aromatic heterocycles. The van der Waals surface area contributed by atoms with Crippen LogP contribution in [0.25, 0.3) is 0 Å². The molecule has 3 heterocycles. The highest BCUT2D eigenvalue weighted by atomic mass is 32.1. The number of rotatable bonds is 2. The average molecular weight is 305 g/mol. The molecule has 2 amide bonds. The van der Waals surface area contributed by atoms with Crippen LogP contribution in [-0.4, -0.2) is 21.8 Å². The van der Waals surface area contributed by atoms with Gasteiger partial charge in [0.05, 0.1) is 18.0 Å². The van der Waals surface area contributed by atoms with Crippen LogP contribution in [-0.2, 0) is 0 Å². The molecule has 0 saturated carbocycles. The molecule has 1 aliphatic rings.